The second kappa shape index (κ2) is 10.3. The van der Waals surface area contributed by atoms with Crippen molar-refractivity contribution >= 4 is 11.9 Å². The van der Waals surface area contributed by atoms with Gasteiger partial charge in [0.05, 0.1) is 12.6 Å². The Morgan fingerprint density at radius 2 is 1.89 bits per heavy atom. The number of carbonyl (C=O) groups excluding carboxylic acids is 1. The van der Waals surface area contributed by atoms with Crippen LogP contribution in [0.15, 0.2) is 4.99 Å². The molecule has 0 saturated carbocycles. The van der Waals surface area contributed by atoms with E-state index < -0.39 is 0 Å². The average Bonchev–Trinajstić information content (AvgIpc) is 3.04. The van der Waals surface area contributed by atoms with Crippen LogP contribution in [-0.2, 0) is 9.53 Å². The molecule has 0 amide bonds. The van der Waals surface area contributed by atoms with E-state index in [1.807, 2.05) is 0 Å². The molecule has 0 bridgehead atoms. The summed E-state index contributed by atoms with van der Waals surface area (Å²) < 4.78 is 5.39. The van der Waals surface area contributed by atoms with Crippen LogP contribution in [0.25, 0.3) is 0 Å². The van der Waals surface area contributed by atoms with Crippen LogP contribution in [0.4, 0.5) is 0 Å². The first-order valence-electron chi connectivity index (χ1n) is 11.5. The highest BCUT2D eigenvalue weighted by molar-refractivity contribution is 5.83. The first-order valence-corrected chi connectivity index (χ1v) is 11.5. The number of nitrogens with one attached hydrogen (secondary N) is 1. The van der Waals surface area contributed by atoms with E-state index in [9.17, 15) is 4.79 Å². The zero-order valence-electron chi connectivity index (χ0n) is 17.4. The summed E-state index contributed by atoms with van der Waals surface area (Å²) in [6.45, 7) is 5.05. The molecule has 27 heavy (non-hydrogen) atoms. The highest BCUT2D eigenvalue weighted by atomic mass is 16.5. The third-order valence-corrected chi connectivity index (χ3v) is 6.39. The van der Waals surface area contributed by atoms with Crippen molar-refractivity contribution in [3.05, 3.63) is 0 Å². The minimum atomic E-state index is -0.0163. The largest absolute Gasteiger partial charge is 0.466 e. The number of carbonyl (C=O) groups is 1. The summed E-state index contributed by atoms with van der Waals surface area (Å²) in [4.78, 5) is 19.3. The van der Waals surface area contributed by atoms with Crippen molar-refractivity contribution in [3.63, 3.8) is 0 Å². The van der Waals surface area contributed by atoms with Crippen LogP contribution < -0.4 is 5.32 Å². The van der Waals surface area contributed by atoms with Crippen molar-refractivity contribution in [2.75, 3.05) is 6.61 Å². The molecule has 154 valence electrons. The minimum Gasteiger partial charge on any atom is -0.466 e. The van der Waals surface area contributed by atoms with E-state index in [-0.39, 0.29) is 5.97 Å². The summed E-state index contributed by atoms with van der Waals surface area (Å²) in [6, 6.07) is 2.39. The highest BCUT2D eigenvalue weighted by Gasteiger charge is 2.43. The lowest BCUT2D eigenvalue weighted by Crippen LogP contribution is -2.59. The van der Waals surface area contributed by atoms with Crippen molar-refractivity contribution in [1.82, 2.24) is 10.2 Å². The van der Waals surface area contributed by atoms with Gasteiger partial charge in [0, 0.05) is 24.5 Å². The molecule has 1 N–H and O–H groups in total. The van der Waals surface area contributed by atoms with Crippen molar-refractivity contribution in [2.45, 2.75) is 121 Å². The number of rotatable bonds is 11. The molecule has 0 aromatic rings. The lowest BCUT2D eigenvalue weighted by atomic mass is 9.98. The number of hydrogen-bond donors (Lipinski definition) is 1. The van der Waals surface area contributed by atoms with Gasteiger partial charge in [0.1, 0.15) is 0 Å². The quantitative estimate of drug-likeness (QED) is 0.428. The summed E-state index contributed by atoms with van der Waals surface area (Å²) in [7, 11) is 0. The Bertz CT molecular complexity index is 508. The summed E-state index contributed by atoms with van der Waals surface area (Å²) >= 11 is 0. The van der Waals surface area contributed by atoms with Gasteiger partial charge in [0.25, 0.3) is 0 Å². The lowest BCUT2D eigenvalue weighted by molar-refractivity contribution is -0.143. The zero-order valence-corrected chi connectivity index (χ0v) is 17.4. The molecular weight excluding hydrogens is 338 g/mol. The van der Waals surface area contributed by atoms with E-state index in [2.05, 4.69) is 24.1 Å². The fraction of sp³-hybridized carbons (Fsp3) is 0.909. The van der Waals surface area contributed by atoms with Crippen LogP contribution in [0, 0.1) is 0 Å². The number of guanidine groups is 1. The molecule has 2 fully saturated rings. The molecule has 0 aromatic carbocycles. The molecule has 2 saturated heterocycles. The summed E-state index contributed by atoms with van der Waals surface area (Å²) in [5.41, 5.74) is 0. The van der Waals surface area contributed by atoms with Crippen LogP contribution in [0.1, 0.15) is 97.3 Å². The third-order valence-electron chi connectivity index (χ3n) is 6.39. The number of esters is 1. The number of unbranched alkanes of at least 4 members (excludes halogenated alkanes) is 5. The molecule has 4 atom stereocenters. The van der Waals surface area contributed by atoms with Crippen molar-refractivity contribution in [1.29, 1.82) is 0 Å². The van der Waals surface area contributed by atoms with E-state index in [1.165, 1.54) is 44.9 Å². The molecule has 3 aliphatic heterocycles. The lowest BCUT2D eigenvalue weighted by Gasteiger charge is -2.44. The van der Waals surface area contributed by atoms with E-state index >= 15 is 0 Å². The third kappa shape index (κ3) is 5.86. The Labute approximate surface area is 165 Å². The fourth-order valence-corrected chi connectivity index (χ4v) is 4.97. The summed E-state index contributed by atoms with van der Waals surface area (Å²) in [6.07, 6.45) is 14.7. The summed E-state index contributed by atoms with van der Waals surface area (Å²) in [5, 5.41) is 3.60. The average molecular weight is 378 g/mol. The fourth-order valence-electron chi connectivity index (χ4n) is 4.97. The Balaban J connectivity index is 1.29. The molecule has 0 aromatic heterocycles. The normalized spacial score (nSPS) is 29.1. The van der Waals surface area contributed by atoms with Gasteiger partial charge in [0.15, 0.2) is 5.96 Å². The summed E-state index contributed by atoms with van der Waals surface area (Å²) in [5.74, 6) is 1.14. The maximum atomic E-state index is 11.8. The SMILES string of the molecule is CCCCCCCC(=O)OCCCC[C@H]1C[C@H]2CC[C@H]3C[C@@H](C)NC(=N1)N23. The monoisotopic (exact) mass is 377 g/mol. The molecule has 0 spiro atoms. The topological polar surface area (TPSA) is 53.9 Å². The second-order valence-electron chi connectivity index (χ2n) is 8.80. The van der Waals surface area contributed by atoms with Crippen LogP contribution in [-0.4, -0.2) is 47.6 Å². The molecular formula is C22H39N3O2. The Morgan fingerprint density at radius 1 is 1.11 bits per heavy atom. The molecule has 3 aliphatic rings. The minimum absolute atomic E-state index is 0.0163. The van der Waals surface area contributed by atoms with Gasteiger partial charge >= 0.3 is 5.97 Å². The number of nitrogens with zero attached hydrogens (tertiary/aromatic N) is 2. The van der Waals surface area contributed by atoms with Crippen LogP contribution in [0.5, 0.6) is 0 Å². The molecule has 0 aliphatic carbocycles. The van der Waals surface area contributed by atoms with Crippen LogP contribution >= 0.6 is 0 Å². The van der Waals surface area contributed by atoms with E-state index in [4.69, 9.17) is 9.73 Å². The number of hydrogen-bond acceptors (Lipinski definition) is 5. The smallest absolute Gasteiger partial charge is 0.305 e. The van der Waals surface area contributed by atoms with E-state index in [0.717, 1.165) is 38.1 Å². The van der Waals surface area contributed by atoms with Gasteiger partial charge in [-0.1, -0.05) is 32.6 Å². The Morgan fingerprint density at radius 3 is 2.70 bits per heavy atom. The van der Waals surface area contributed by atoms with Crippen molar-refractivity contribution in [2.24, 2.45) is 4.99 Å². The van der Waals surface area contributed by atoms with Gasteiger partial charge in [-0.25, -0.2) is 4.99 Å². The zero-order chi connectivity index (χ0) is 19.1. The predicted molar refractivity (Wildman–Crippen MR) is 110 cm³/mol. The predicted octanol–water partition coefficient (Wildman–Crippen LogP) is 4.40. The van der Waals surface area contributed by atoms with Gasteiger partial charge in [-0.3, -0.25) is 4.79 Å². The molecule has 0 unspecified atom stereocenters. The number of aliphatic imine (C=N–C) groups is 1. The molecule has 5 heteroatoms. The standard InChI is InChI=1S/C22H39N3O2/c1-3-4-5-6-7-11-21(26)27-14-9-8-10-18-16-20-13-12-19-15-17(2)23-22(24-18)25(19)20/h17-20H,3-16H2,1-2H3,(H,23,24)/t17-,18+,19+,20-/m1/s1. The van der Waals surface area contributed by atoms with E-state index in [1.54, 1.807) is 0 Å². The first-order chi connectivity index (χ1) is 13.2. The molecule has 3 rings (SSSR count). The van der Waals surface area contributed by atoms with Crippen molar-refractivity contribution < 1.29 is 9.53 Å². The Kier molecular flexibility index (Phi) is 7.83. The second-order valence-corrected chi connectivity index (χ2v) is 8.80. The van der Waals surface area contributed by atoms with Crippen molar-refractivity contribution in [3.8, 4) is 0 Å². The first kappa shape index (κ1) is 20.5. The maximum Gasteiger partial charge on any atom is 0.305 e. The maximum absolute atomic E-state index is 11.8. The van der Waals surface area contributed by atoms with Gasteiger partial charge in [-0.15, -0.1) is 0 Å². The van der Waals surface area contributed by atoms with Crippen LogP contribution in [0.3, 0.4) is 0 Å². The van der Waals surface area contributed by atoms with Gasteiger partial charge < -0.3 is 15.0 Å². The molecule has 3 heterocycles. The molecule has 5 nitrogen and oxygen atoms in total. The van der Waals surface area contributed by atoms with Gasteiger partial charge in [-0.05, 0) is 58.3 Å². The molecule has 0 radical (unpaired) electrons. The van der Waals surface area contributed by atoms with Gasteiger partial charge in [0.2, 0.25) is 0 Å². The van der Waals surface area contributed by atoms with Crippen LogP contribution in [0.2, 0.25) is 0 Å². The van der Waals surface area contributed by atoms with E-state index in [0.29, 0.717) is 37.2 Å². The van der Waals surface area contributed by atoms with Gasteiger partial charge in [-0.2, -0.15) is 0 Å². The highest BCUT2D eigenvalue weighted by Crippen LogP contribution is 2.36. The Hall–Kier alpha value is -1.26. The number of ether oxygens (including phenoxy) is 1.